The molecule has 1 fully saturated rings. The molecule has 1 atom stereocenters. The minimum atomic E-state index is -0.277. The molecule has 3 rings (SSSR count). The monoisotopic (exact) mass is 340 g/mol. The molecule has 4 nitrogen and oxygen atoms in total. The molecular formula is C20H21FN2O2. The Morgan fingerprint density at radius 2 is 1.88 bits per heavy atom. The number of nitrogens with zero attached hydrogens (tertiary/aromatic N) is 1. The maximum Gasteiger partial charge on any atom is 0.229 e. The summed E-state index contributed by atoms with van der Waals surface area (Å²) in [6.45, 7) is 2.73. The van der Waals surface area contributed by atoms with Crippen molar-refractivity contribution < 1.29 is 14.0 Å². The van der Waals surface area contributed by atoms with Gasteiger partial charge in [0, 0.05) is 25.7 Å². The van der Waals surface area contributed by atoms with Gasteiger partial charge >= 0.3 is 0 Å². The van der Waals surface area contributed by atoms with E-state index in [-0.39, 0.29) is 23.5 Å². The summed E-state index contributed by atoms with van der Waals surface area (Å²) in [4.78, 5) is 25.8. The summed E-state index contributed by atoms with van der Waals surface area (Å²) >= 11 is 0. The minimum Gasteiger partial charge on any atom is -0.342 e. The average Bonchev–Trinajstić information content (AvgIpc) is 2.62. The fourth-order valence-electron chi connectivity index (χ4n) is 3.14. The van der Waals surface area contributed by atoms with Gasteiger partial charge in [0.05, 0.1) is 5.92 Å². The van der Waals surface area contributed by atoms with Gasteiger partial charge in [-0.25, -0.2) is 4.39 Å². The van der Waals surface area contributed by atoms with Gasteiger partial charge in [0.25, 0.3) is 0 Å². The lowest BCUT2D eigenvalue weighted by Crippen LogP contribution is -2.42. The van der Waals surface area contributed by atoms with Crippen molar-refractivity contribution >= 4 is 17.5 Å². The number of nitrogens with one attached hydrogen (secondary N) is 1. The summed E-state index contributed by atoms with van der Waals surface area (Å²) in [7, 11) is 0. The van der Waals surface area contributed by atoms with Gasteiger partial charge in [-0.2, -0.15) is 0 Å². The first kappa shape index (κ1) is 17.1. The summed E-state index contributed by atoms with van der Waals surface area (Å²) in [6, 6.07) is 13.7. The number of piperidine rings is 1. The van der Waals surface area contributed by atoms with Crippen LogP contribution in [0.5, 0.6) is 0 Å². The third kappa shape index (κ3) is 4.24. The second kappa shape index (κ2) is 7.47. The van der Waals surface area contributed by atoms with Crippen LogP contribution in [0.1, 0.15) is 19.8 Å². The van der Waals surface area contributed by atoms with E-state index < -0.39 is 0 Å². The first-order chi connectivity index (χ1) is 12.0. The smallest absolute Gasteiger partial charge is 0.229 e. The molecule has 0 radical (unpaired) electrons. The number of hydrogen-bond acceptors (Lipinski definition) is 2. The van der Waals surface area contributed by atoms with Gasteiger partial charge < -0.3 is 10.2 Å². The molecule has 2 aromatic rings. The van der Waals surface area contributed by atoms with Crippen molar-refractivity contribution in [3.8, 4) is 11.1 Å². The zero-order chi connectivity index (χ0) is 17.8. The molecule has 25 heavy (non-hydrogen) atoms. The molecule has 2 amide bonds. The van der Waals surface area contributed by atoms with Crippen LogP contribution in [0.25, 0.3) is 11.1 Å². The van der Waals surface area contributed by atoms with Crippen molar-refractivity contribution in [2.24, 2.45) is 5.92 Å². The Kier molecular flexibility index (Phi) is 5.12. The van der Waals surface area contributed by atoms with Crippen LogP contribution in [0.15, 0.2) is 48.5 Å². The number of benzene rings is 2. The number of amides is 2. The molecule has 130 valence electrons. The van der Waals surface area contributed by atoms with Gasteiger partial charge in [0.15, 0.2) is 0 Å². The van der Waals surface area contributed by atoms with E-state index in [9.17, 15) is 14.0 Å². The lowest BCUT2D eigenvalue weighted by atomic mass is 9.97. The predicted molar refractivity (Wildman–Crippen MR) is 95.4 cm³/mol. The van der Waals surface area contributed by atoms with E-state index >= 15 is 0 Å². The van der Waals surface area contributed by atoms with E-state index in [1.165, 1.54) is 19.1 Å². The Labute approximate surface area is 146 Å². The van der Waals surface area contributed by atoms with E-state index in [0.29, 0.717) is 12.2 Å². The van der Waals surface area contributed by atoms with E-state index in [2.05, 4.69) is 5.32 Å². The van der Waals surface area contributed by atoms with E-state index in [1.54, 1.807) is 17.0 Å². The highest BCUT2D eigenvalue weighted by Gasteiger charge is 2.27. The molecule has 0 aliphatic carbocycles. The van der Waals surface area contributed by atoms with Crippen molar-refractivity contribution in [1.29, 1.82) is 0 Å². The molecular weight excluding hydrogens is 319 g/mol. The molecule has 1 aliphatic heterocycles. The molecule has 5 heteroatoms. The summed E-state index contributed by atoms with van der Waals surface area (Å²) in [5, 5.41) is 2.94. The van der Waals surface area contributed by atoms with Crippen LogP contribution >= 0.6 is 0 Å². The van der Waals surface area contributed by atoms with Crippen molar-refractivity contribution in [1.82, 2.24) is 4.90 Å². The maximum atomic E-state index is 13.1. The fraction of sp³-hybridized carbons (Fsp3) is 0.300. The number of hydrogen-bond donors (Lipinski definition) is 1. The van der Waals surface area contributed by atoms with Crippen LogP contribution in [-0.2, 0) is 9.59 Å². The maximum absolute atomic E-state index is 13.1. The van der Waals surface area contributed by atoms with E-state index in [1.807, 2.05) is 24.3 Å². The molecule has 1 N–H and O–H groups in total. The number of carbonyl (C=O) groups excluding carboxylic acids is 2. The van der Waals surface area contributed by atoms with Gasteiger partial charge in [-0.1, -0.05) is 24.3 Å². The van der Waals surface area contributed by atoms with Crippen molar-refractivity contribution in [3.63, 3.8) is 0 Å². The van der Waals surface area contributed by atoms with Gasteiger partial charge in [0.1, 0.15) is 5.82 Å². The highest BCUT2D eigenvalue weighted by atomic mass is 19.1. The van der Waals surface area contributed by atoms with Crippen LogP contribution in [0.3, 0.4) is 0 Å². The second-order valence-electron chi connectivity index (χ2n) is 6.38. The van der Waals surface area contributed by atoms with Gasteiger partial charge in [-0.05, 0) is 48.2 Å². The third-order valence-electron chi connectivity index (χ3n) is 4.55. The molecule has 0 aromatic heterocycles. The summed E-state index contributed by atoms with van der Waals surface area (Å²) < 4.78 is 13.1. The molecule has 2 aromatic carbocycles. The van der Waals surface area contributed by atoms with Crippen LogP contribution in [0, 0.1) is 11.7 Å². The summed E-state index contributed by atoms with van der Waals surface area (Å²) in [5.74, 6) is -0.523. The standard InChI is InChI=1S/C20H21FN2O2/c1-14(24)23-11-3-5-17(13-23)20(25)22-19-6-2-4-16(12-19)15-7-9-18(21)10-8-15/h2,4,6-10,12,17H,3,5,11,13H2,1H3,(H,22,25)/t17-/m0/s1. The minimum absolute atomic E-state index is 0.0100. The molecule has 0 bridgehead atoms. The van der Waals surface area contributed by atoms with Crippen molar-refractivity contribution in [2.45, 2.75) is 19.8 Å². The second-order valence-corrected chi connectivity index (χ2v) is 6.38. The highest BCUT2D eigenvalue weighted by Crippen LogP contribution is 2.24. The fourth-order valence-corrected chi connectivity index (χ4v) is 3.14. The van der Waals surface area contributed by atoms with Gasteiger partial charge in [-0.15, -0.1) is 0 Å². The first-order valence-corrected chi connectivity index (χ1v) is 8.45. The normalized spacial score (nSPS) is 17.2. The number of anilines is 1. The number of carbonyl (C=O) groups is 2. The van der Waals surface area contributed by atoms with Crippen LogP contribution in [0.2, 0.25) is 0 Å². The predicted octanol–water partition coefficient (Wildman–Crippen LogP) is 3.69. The molecule has 0 unspecified atom stereocenters. The SMILES string of the molecule is CC(=O)N1CCC[C@H](C(=O)Nc2cccc(-c3ccc(F)cc3)c2)C1. The first-order valence-electron chi connectivity index (χ1n) is 8.45. The molecule has 1 heterocycles. The molecule has 0 saturated carbocycles. The summed E-state index contributed by atoms with van der Waals surface area (Å²) in [6.07, 6.45) is 1.63. The molecule has 1 saturated heterocycles. The Morgan fingerprint density at radius 1 is 1.12 bits per heavy atom. The Morgan fingerprint density at radius 3 is 2.60 bits per heavy atom. The third-order valence-corrected chi connectivity index (χ3v) is 4.55. The van der Waals surface area contributed by atoms with Gasteiger partial charge in [-0.3, -0.25) is 9.59 Å². The zero-order valence-corrected chi connectivity index (χ0v) is 14.2. The van der Waals surface area contributed by atoms with Gasteiger partial charge in [0.2, 0.25) is 11.8 Å². The summed E-state index contributed by atoms with van der Waals surface area (Å²) in [5.41, 5.74) is 2.50. The highest BCUT2D eigenvalue weighted by molar-refractivity contribution is 5.93. The van der Waals surface area contributed by atoms with Crippen LogP contribution in [0.4, 0.5) is 10.1 Å². The topological polar surface area (TPSA) is 49.4 Å². The quantitative estimate of drug-likeness (QED) is 0.926. The number of rotatable bonds is 3. The number of likely N-dealkylation sites (tertiary alicyclic amines) is 1. The molecule has 1 aliphatic rings. The van der Waals surface area contributed by atoms with Crippen LogP contribution < -0.4 is 5.32 Å². The number of halogens is 1. The lowest BCUT2D eigenvalue weighted by Gasteiger charge is -2.31. The Bertz CT molecular complexity index is 774. The van der Waals surface area contributed by atoms with E-state index in [4.69, 9.17) is 0 Å². The van der Waals surface area contributed by atoms with E-state index in [0.717, 1.165) is 30.5 Å². The zero-order valence-electron chi connectivity index (χ0n) is 14.2. The van der Waals surface area contributed by atoms with Crippen molar-refractivity contribution in [3.05, 3.63) is 54.3 Å². The largest absolute Gasteiger partial charge is 0.342 e. The average molecular weight is 340 g/mol. The van der Waals surface area contributed by atoms with Crippen LogP contribution in [-0.4, -0.2) is 29.8 Å². The Hall–Kier alpha value is -2.69. The molecule has 0 spiro atoms. The lowest BCUT2D eigenvalue weighted by molar-refractivity contribution is -0.132. The van der Waals surface area contributed by atoms with Crippen molar-refractivity contribution in [2.75, 3.05) is 18.4 Å². The Balaban J connectivity index is 1.70.